The van der Waals surface area contributed by atoms with Gasteiger partial charge in [0.05, 0.1) is 11.4 Å². The summed E-state index contributed by atoms with van der Waals surface area (Å²) in [5.41, 5.74) is 7.48. The highest BCUT2D eigenvalue weighted by atomic mass is 32.2. The number of carbonyl (C=O) groups is 1. The minimum atomic E-state index is -3.50. The van der Waals surface area contributed by atoms with Gasteiger partial charge in [0.2, 0.25) is 5.91 Å². The Balaban J connectivity index is 3.06. The van der Waals surface area contributed by atoms with Crippen LogP contribution in [0.3, 0.4) is 0 Å². The van der Waals surface area contributed by atoms with E-state index in [2.05, 4.69) is 5.32 Å². The monoisotopic (exact) mass is 270 g/mol. The predicted molar refractivity (Wildman–Crippen MR) is 73.1 cm³/mol. The van der Waals surface area contributed by atoms with Crippen molar-refractivity contribution in [2.24, 2.45) is 0 Å². The Labute approximate surface area is 107 Å². The summed E-state index contributed by atoms with van der Waals surface area (Å²) in [4.78, 5) is 12.0. The van der Waals surface area contributed by atoms with Gasteiger partial charge < -0.3 is 11.1 Å². The Kier molecular flexibility index (Phi) is 3.71. The van der Waals surface area contributed by atoms with Crippen molar-refractivity contribution in [1.29, 1.82) is 0 Å². The maximum atomic E-state index is 12.0. The molecule has 0 saturated heterocycles. The zero-order valence-electron chi connectivity index (χ0n) is 10.9. The number of nitrogen functional groups attached to an aromatic ring is 1. The quantitative estimate of drug-likeness (QED) is 0.811. The molecule has 100 valence electrons. The van der Waals surface area contributed by atoms with Crippen molar-refractivity contribution in [3.8, 4) is 0 Å². The number of anilines is 2. The molecule has 0 saturated carbocycles. The summed E-state index contributed by atoms with van der Waals surface area (Å²) in [6, 6.07) is 5.18. The number of carbonyl (C=O) groups excluding carboxylic acids is 1. The molecule has 0 atom stereocenters. The zero-order valence-corrected chi connectivity index (χ0v) is 11.8. The number of hydrogen-bond donors (Lipinski definition) is 2. The number of nitrogens with one attached hydrogen (secondary N) is 1. The van der Waals surface area contributed by atoms with Crippen LogP contribution in [0.4, 0.5) is 11.4 Å². The molecule has 0 heterocycles. The van der Waals surface area contributed by atoms with E-state index in [-0.39, 0.29) is 0 Å². The smallest absolute Gasteiger partial charge is 0.245 e. The Hall–Kier alpha value is -1.56. The molecule has 0 aromatic heterocycles. The third-order valence-electron chi connectivity index (χ3n) is 2.93. The lowest BCUT2D eigenvalue weighted by atomic mass is 10.1. The molecule has 0 fully saturated rings. The summed E-state index contributed by atoms with van der Waals surface area (Å²) in [6.07, 6.45) is 1.03. The molecular formula is C12H18N2O3S. The second kappa shape index (κ2) is 4.61. The van der Waals surface area contributed by atoms with E-state index in [4.69, 9.17) is 5.73 Å². The second-order valence-electron chi connectivity index (χ2n) is 4.83. The summed E-state index contributed by atoms with van der Waals surface area (Å²) < 4.78 is 21.6. The molecular weight excluding hydrogens is 252 g/mol. The number of sulfone groups is 1. The fourth-order valence-corrected chi connectivity index (χ4v) is 1.61. The third-order valence-corrected chi connectivity index (χ3v) is 4.97. The lowest BCUT2D eigenvalue weighted by Gasteiger charge is -2.22. The Morgan fingerprint density at radius 3 is 2.39 bits per heavy atom. The molecule has 1 aromatic carbocycles. The first kappa shape index (κ1) is 14.5. The summed E-state index contributed by atoms with van der Waals surface area (Å²) in [7, 11) is -3.50. The van der Waals surface area contributed by atoms with Crippen LogP contribution < -0.4 is 11.1 Å². The maximum Gasteiger partial charge on any atom is 0.245 e. The van der Waals surface area contributed by atoms with Gasteiger partial charge in [0.15, 0.2) is 9.84 Å². The van der Waals surface area contributed by atoms with Gasteiger partial charge in [-0.3, -0.25) is 4.79 Å². The number of aryl methyl sites for hydroxylation is 1. The van der Waals surface area contributed by atoms with Crippen molar-refractivity contribution in [3.05, 3.63) is 23.8 Å². The van der Waals surface area contributed by atoms with Gasteiger partial charge in [0.1, 0.15) is 4.75 Å². The standard InChI is InChI=1S/C12H18N2O3S/c1-8-5-6-9(13)10(7-8)14-11(15)12(2,3)18(4,16)17/h5-7H,13H2,1-4H3,(H,14,15). The van der Waals surface area contributed by atoms with Crippen LogP contribution in [-0.4, -0.2) is 25.3 Å². The summed E-state index contributed by atoms with van der Waals surface area (Å²) in [5, 5.41) is 2.55. The molecule has 0 aliphatic carbocycles. The molecule has 1 amide bonds. The van der Waals surface area contributed by atoms with Crippen LogP contribution in [0.5, 0.6) is 0 Å². The van der Waals surface area contributed by atoms with Crippen molar-refractivity contribution in [3.63, 3.8) is 0 Å². The second-order valence-corrected chi connectivity index (χ2v) is 7.39. The molecule has 6 heteroatoms. The normalized spacial score (nSPS) is 12.2. The molecule has 0 bridgehead atoms. The first-order chi connectivity index (χ1) is 8.05. The minimum absolute atomic E-state index is 0.401. The number of nitrogens with two attached hydrogens (primary N) is 1. The molecule has 1 aromatic rings. The Morgan fingerprint density at radius 1 is 1.33 bits per heavy atom. The van der Waals surface area contributed by atoms with Gasteiger partial charge in [0.25, 0.3) is 0 Å². The molecule has 0 radical (unpaired) electrons. The lowest BCUT2D eigenvalue weighted by molar-refractivity contribution is -0.117. The number of hydrogen-bond acceptors (Lipinski definition) is 4. The maximum absolute atomic E-state index is 12.0. The van der Waals surface area contributed by atoms with Crippen LogP contribution in [0.25, 0.3) is 0 Å². The lowest BCUT2D eigenvalue weighted by Crippen LogP contribution is -2.43. The van der Waals surface area contributed by atoms with Crippen molar-refractivity contribution >= 4 is 27.1 Å². The van der Waals surface area contributed by atoms with Gasteiger partial charge in [-0.1, -0.05) is 6.07 Å². The van der Waals surface area contributed by atoms with Gasteiger partial charge in [-0.05, 0) is 38.5 Å². The molecule has 0 unspecified atom stereocenters. The molecule has 18 heavy (non-hydrogen) atoms. The van der Waals surface area contributed by atoms with Gasteiger partial charge >= 0.3 is 0 Å². The molecule has 5 nitrogen and oxygen atoms in total. The summed E-state index contributed by atoms with van der Waals surface area (Å²) >= 11 is 0. The molecule has 0 aliphatic rings. The van der Waals surface area contributed by atoms with Gasteiger partial charge in [0, 0.05) is 6.26 Å². The van der Waals surface area contributed by atoms with E-state index in [9.17, 15) is 13.2 Å². The molecule has 0 spiro atoms. The van der Waals surface area contributed by atoms with E-state index in [1.165, 1.54) is 13.8 Å². The van der Waals surface area contributed by atoms with Crippen molar-refractivity contribution in [2.75, 3.05) is 17.3 Å². The van der Waals surface area contributed by atoms with E-state index >= 15 is 0 Å². The number of benzene rings is 1. The van der Waals surface area contributed by atoms with E-state index < -0.39 is 20.5 Å². The SMILES string of the molecule is Cc1ccc(N)c(NC(=O)C(C)(C)S(C)(=O)=O)c1. The van der Waals surface area contributed by atoms with E-state index in [0.29, 0.717) is 11.4 Å². The molecule has 1 rings (SSSR count). The first-order valence-corrected chi connectivity index (χ1v) is 7.32. The van der Waals surface area contributed by atoms with Crippen molar-refractivity contribution in [2.45, 2.75) is 25.5 Å². The van der Waals surface area contributed by atoms with Crippen LogP contribution >= 0.6 is 0 Å². The fraction of sp³-hybridized carbons (Fsp3) is 0.417. The van der Waals surface area contributed by atoms with Gasteiger partial charge in [-0.15, -0.1) is 0 Å². The largest absolute Gasteiger partial charge is 0.397 e. The molecule has 0 aliphatic heterocycles. The highest BCUT2D eigenvalue weighted by Crippen LogP contribution is 2.23. The van der Waals surface area contributed by atoms with E-state index in [1.807, 2.05) is 13.0 Å². The van der Waals surface area contributed by atoms with E-state index in [0.717, 1.165) is 11.8 Å². The van der Waals surface area contributed by atoms with Gasteiger partial charge in [-0.2, -0.15) is 0 Å². The number of rotatable bonds is 3. The Bertz CT molecular complexity index is 577. The summed E-state index contributed by atoms with van der Waals surface area (Å²) in [5.74, 6) is -0.595. The third kappa shape index (κ3) is 2.81. The fourth-order valence-electron chi connectivity index (χ4n) is 1.22. The predicted octanol–water partition coefficient (Wildman–Crippen LogP) is 1.34. The van der Waals surface area contributed by atoms with Crippen LogP contribution in [0.2, 0.25) is 0 Å². The number of amides is 1. The summed E-state index contributed by atoms with van der Waals surface area (Å²) in [6.45, 7) is 4.59. The topological polar surface area (TPSA) is 89.3 Å². The Morgan fingerprint density at radius 2 is 1.89 bits per heavy atom. The average Bonchev–Trinajstić information content (AvgIpc) is 2.21. The van der Waals surface area contributed by atoms with Crippen molar-refractivity contribution < 1.29 is 13.2 Å². The minimum Gasteiger partial charge on any atom is -0.397 e. The van der Waals surface area contributed by atoms with Crippen LogP contribution in [0, 0.1) is 6.92 Å². The zero-order chi connectivity index (χ0) is 14.1. The van der Waals surface area contributed by atoms with Gasteiger partial charge in [-0.25, -0.2) is 8.42 Å². The highest BCUT2D eigenvalue weighted by molar-refractivity contribution is 7.92. The van der Waals surface area contributed by atoms with Crippen molar-refractivity contribution in [1.82, 2.24) is 0 Å². The van der Waals surface area contributed by atoms with Crippen LogP contribution in [0.15, 0.2) is 18.2 Å². The van der Waals surface area contributed by atoms with Crippen LogP contribution in [0.1, 0.15) is 19.4 Å². The van der Waals surface area contributed by atoms with E-state index in [1.54, 1.807) is 12.1 Å². The highest BCUT2D eigenvalue weighted by Gasteiger charge is 2.38. The first-order valence-electron chi connectivity index (χ1n) is 5.43. The van der Waals surface area contributed by atoms with Crippen LogP contribution in [-0.2, 0) is 14.6 Å². The average molecular weight is 270 g/mol. The molecule has 3 N–H and O–H groups in total.